The van der Waals surface area contributed by atoms with Crippen molar-refractivity contribution in [2.45, 2.75) is 33.1 Å². The minimum atomic E-state index is -0.838. The van der Waals surface area contributed by atoms with Crippen molar-refractivity contribution in [1.29, 1.82) is 0 Å². The van der Waals surface area contributed by atoms with Gasteiger partial charge >= 0.3 is 5.97 Å². The average molecular weight is 292 g/mol. The summed E-state index contributed by atoms with van der Waals surface area (Å²) in [4.78, 5) is 23.7. The predicted molar refractivity (Wildman–Crippen MR) is 82.8 cm³/mol. The number of aliphatic carboxylic acids is 1. The summed E-state index contributed by atoms with van der Waals surface area (Å²) in [5, 5.41) is 9.03. The van der Waals surface area contributed by atoms with Gasteiger partial charge in [-0.1, -0.05) is 13.8 Å². The Balaban J connectivity index is 2.16. The van der Waals surface area contributed by atoms with Crippen LogP contribution in [0.25, 0.3) is 0 Å². The predicted octanol–water partition coefficient (Wildman–Crippen LogP) is 2.01. The molecule has 1 atom stereocenters. The molecule has 0 spiro atoms. The number of aromatic nitrogens is 2. The maximum Gasteiger partial charge on any atom is 0.323 e. The third-order valence-corrected chi connectivity index (χ3v) is 3.76. The summed E-state index contributed by atoms with van der Waals surface area (Å²) in [6.07, 6.45) is 4.85. The molecule has 21 heavy (non-hydrogen) atoms. The molecule has 1 aliphatic rings. The first-order valence-corrected chi connectivity index (χ1v) is 7.64. The molecular weight excluding hydrogens is 268 g/mol. The second-order valence-electron chi connectivity index (χ2n) is 5.74. The fourth-order valence-corrected chi connectivity index (χ4v) is 2.79. The Labute approximate surface area is 125 Å². The molecule has 0 saturated carbocycles. The number of carboxylic acid groups (broad SMARTS) is 1. The molecule has 6 heteroatoms. The van der Waals surface area contributed by atoms with E-state index in [1.165, 1.54) is 19.2 Å². The lowest BCUT2D eigenvalue weighted by Crippen LogP contribution is -2.35. The first kappa shape index (κ1) is 15.5. The monoisotopic (exact) mass is 292 g/mol. The number of carboxylic acids is 1. The van der Waals surface area contributed by atoms with Crippen molar-refractivity contribution in [2.24, 2.45) is 5.92 Å². The number of carbonyl (C=O) groups is 1. The normalized spacial score (nSPS) is 18.6. The average Bonchev–Trinajstić information content (AvgIpc) is 2.46. The molecule has 0 aliphatic carbocycles. The maximum absolute atomic E-state index is 11.0. The zero-order valence-electron chi connectivity index (χ0n) is 12.8. The van der Waals surface area contributed by atoms with Gasteiger partial charge in [0.15, 0.2) is 0 Å². The van der Waals surface area contributed by atoms with Gasteiger partial charge in [0.25, 0.3) is 0 Å². The molecule has 1 N–H and O–H groups in total. The molecule has 0 aromatic carbocycles. The van der Waals surface area contributed by atoms with Crippen molar-refractivity contribution in [1.82, 2.24) is 9.97 Å². The molecule has 1 saturated heterocycles. The minimum absolute atomic E-state index is 0.0271. The molecule has 1 aliphatic heterocycles. The Bertz CT molecular complexity index is 480. The molecule has 1 aromatic rings. The lowest BCUT2D eigenvalue weighted by molar-refractivity contribution is -0.135. The largest absolute Gasteiger partial charge is 0.480 e. The third-order valence-electron chi connectivity index (χ3n) is 3.76. The lowest BCUT2D eigenvalue weighted by Gasteiger charge is -2.32. The van der Waals surface area contributed by atoms with Crippen molar-refractivity contribution < 1.29 is 9.90 Å². The van der Waals surface area contributed by atoms with Crippen molar-refractivity contribution >= 4 is 17.6 Å². The van der Waals surface area contributed by atoms with E-state index < -0.39 is 5.97 Å². The van der Waals surface area contributed by atoms with Crippen LogP contribution in [0.15, 0.2) is 12.4 Å². The molecule has 0 amide bonds. The SMILES string of the molecule is CCCN(CC(=O)O)c1cc(N2CCCC(C)C2)ncn1. The Kier molecular flexibility index (Phi) is 5.36. The van der Waals surface area contributed by atoms with Crippen molar-refractivity contribution in [3.05, 3.63) is 12.4 Å². The number of hydrogen-bond donors (Lipinski definition) is 1. The second kappa shape index (κ2) is 7.24. The van der Waals surface area contributed by atoms with Crippen molar-refractivity contribution in [3.63, 3.8) is 0 Å². The Morgan fingerprint density at radius 3 is 3.00 bits per heavy atom. The van der Waals surface area contributed by atoms with Crippen LogP contribution in [0.1, 0.15) is 33.1 Å². The summed E-state index contributed by atoms with van der Waals surface area (Å²) in [7, 11) is 0. The van der Waals surface area contributed by atoms with E-state index in [4.69, 9.17) is 5.11 Å². The van der Waals surface area contributed by atoms with E-state index >= 15 is 0 Å². The van der Waals surface area contributed by atoms with Gasteiger partial charge in [-0.05, 0) is 25.2 Å². The van der Waals surface area contributed by atoms with Crippen LogP contribution in [-0.2, 0) is 4.79 Å². The van der Waals surface area contributed by atoms with Gasteiger partial charge in [0, 0.05) is 25.7 Å². The Hall–Kier alpha value is -1.85. The summed E-state index contributed by atoms with van der Waals surface area (Å²) in [6.45, 7) is 6.95. The molecule has 1 aromatic heterocycles. The fourth-order valence-electron chi connectivity index (χ4n) is 2.79. The molecule has 2 heterocycles. The molecule has 1 fully saturated rings. The number of piperidine rings is 1. The third kappa shape index (κ3) is 4.31. The van der Waals surface area contributed by atoms with Gasteiger partial charge < -0.3 is 14.9 Å². The van der Waals surface area contributed by atoms with Gasteiger partial charge in [0.2, 0.25) is 0 Å². The van der Waals surface area contributed by atoms with E-state index in [0.717, 1.165) is 25.3 Å². The highest BCUT2D eigenvalue weighted by Gasteiger charge is 2.19. The first-order valence-electron chi connectivity index (χ1n) is 7.64. The number of nitrogens with zero attached hydrogens (tertiary/aromatic N) is 4. The number of anilines is 2. The van der Waals surface area contributed by atoms with Crippen molar-refractivity contribution in [2.75, 3.05) is 36.0 Å². The van der Waals surface area contributed by atoms with E-state index in [1.807, 2.05) is 13.0 Å². The number of hydrogen-bond acceptors (Lipinski definition) is 5. The van der Waals surface area contributed by atoms with Gasteiger partial charge in [0.1, 0.15) is 24.5 Å². The maximum atomic E-state index is 11.0. The van der Waals surface area contributed by atoms with E-state index in [0.29, 0.717) is 18.3 Å². The Morgan fingerprint density at radius 1 is 1.52 bits per heavy atom. The summed E-state index contributed by atoms with van der Waals surface area (Å²) in [5.74, 6) is 1.43. The van der Waals surface area contributed by atoms with Crippen LogP contribution in [-0.4, -0.2) is 47.2 Å². The van der Waals surface area contributed by atoms with Gasteiger partial charge in [0.05, 0.1) is 0 Å². The van der Waals surface area contributed by atoms with E-state index in [1.54, 1.807) is 4.90 Å². The smallest absolute Gasteiger partial charge is 0.323 e. The number of rotatable bonds is 6. The second-order valence-corrected chi connectivity index (χ2v) is 5.74. The van der Waals surface area contributed by atoms with E-state index in [2.05, 4.69) is 21.8 Å². The highest BCUT2D eigenvalue weighted by Crippen LogP contribution is 2.23. The summed E-state index contributed by atoms with van der Waals surface area (Å²) in [6, 6.07) is 1.91. The van der Waals surface area contributed by atoms with Gasteiger partial charge in [-0.3, -0.25) is 4.79 Å². The molecular formula is C15H24N4O2. The zero-order valence-corrected chi connectivity index (χ0v) is 12.8. The van der Waals surface area contributed by atoms with Gasteiger partial charge in [-0.2, -0.15) is 0 Å². The minimum Gasteiger partial charge on any atom is -0.480 e. The standard InChI is InChI=1S/C15H24N4O2/c1-3-6-18(10-15(20)21)13-8-14(17-11-16-13)19-7-4-5-12(2)9-19/h8,11-12H,3-7,9-10H2,1-2H3,(H,20,21). The van der Waals surface area contributed by atoms with Gasteiger partial charge in [-0.25, -0.2) is 9.97 Å². The topological polar surface area (TPSA) is 69.6 Å². The summed E-state index contributed by atoms with van der Waals surface area (Å²) >= 11 is 0. The quantitative estimate of drug-likeness (QED) is 0.865. The molecule has 1 unspecified atom stereocenters. The summed E-state index contributed by atoms with van der Waals surface area (Å²) in [5.41, 5.74) is 0. The van der Waals surface area contributed by atoms with Crippen LogP contribution < -0.4 is 9.80 Å². The van der Waals surface area contributed by atoms with Gasteiger partial charge in [-0.15, -0.1) is 0 Å². The Morgan fingerprint density at radius 2 is 2.33 bits per heavy atom. The van der Waals surface area contributed by atoms with Crippen LogP contribution >= 0.6 is 0 Å². The molecule has 116 valence electrons. The zero-order chi connectivity index (χ0) is 15.2. The fraction of sp³-hybridized carbons (Fsp3) is 0.667. The molecule has 0 radical (unpaired) electrons. The highest BCUT2D eigenvalue weighted by molar-refractivity contribution is 5.73. The van der Waals surface area contributed by atoms with E-state index in [-0.39, 0.29) is 6.54 Å². The van der Waals surface area contributed by atoms with E-state index in [9.17, 15) is 4.79 Å². The van der Waals surface area contributed by atoms with Crippen molar-refractivity contribution in [3.8, 4) is 0 Å². The van der Waals surface area contributed by atoms with Crippen LogP contribution in [0.2, 0.25) is 0 Å². The van der Waals surface area contributed by atoms with Crippen LogP contribution in [0.4, 0.5) is 11.6 Å². The molecule has 2 rings (SSSR count). The van der Waals surface area contributed by atoms with Crippen LogP contribution in [0, 0.1) is 5.92 Å². The van der Waals surface area contributed by atoms with Crippen LogP contribution in [0.3, 0.4) is 0 Å². The lowest BCUT2D eigenvalue weighted by atomic mass is 10.0. The summed E-state index contributed by atoms with van der Waals surface area (Å²) < 4.78 is 0. The molecule has 6 nitrogen and oxygen atoms in total. The molecule has 0 bridgehead atoms. The first-order chi connectivity index (χ1) is 10.1. The van der Waals surface area contributed by atoms with Crippen LogP contribution in [0.5, 0.6) is 0 Å². The highest BCUT2D eigenvalue weighted by atomic mass is 16.4.